The SMILES string of the molecule is CC(C)OC(=O)N1CCC(Nc2ncnc3c2ncn3[C@@H]2O[C@H](c3cc(C(C)(C)C)no3)[C@@H](O)[C@@H]2O)CC1. The van der Waals surface area contributed by atoms with Crippen LogP contribution in [0.25, 0.3) is 11.2 Å². The number of anilines is 1. The van der Waals surface area contributed by atoms with Gasteiger partial charge in [-0.2, -0.15) is 0 Å². The smallest absolute Gasteiger partial charge is 0.410 e. The first-order valence-electron chi connectivity index (χ1n) is 12.9. The van der Waals surface area contributed by atoms with Gasteiger partial charge in [0.25, 0.3) is 0 Å². The maximum Gasteiger partial charge on any atom is 0.410 e. The third-order valence-corrected chi connectivity index (χ3v) is 6.88. The highest BCUT2D eigenvalue weighted by molar-refractivity contribution is 5.82. The second kappa shape index (κ2) is 10.1. The Morgan fingerprint density at radius 1 is 1.16 bits per heavy atom. The number of aliphatic hydroxyl groups excluding tert-OH is 2. The predicted octanol–water partition coefficient (Wildman–Crippen LogP) is 2.53. The van der Waals surface area contributed by atoms with Crippen LogP contribution in [-0.4, -0.2) is 83.3 Å². The largest absolute Gasteiger partial charge is 0.447 e. The van der Waals surface area contributed by atoms with E-state index in [2.05, 4.69) is 25.4 Å². The van der Waals surface area contributed by atoms with Gasteiger partial charge in [-0.25, -0.2) is 19.7 Å². The van der Waals surface area contributed by atoms with Crippen LogP contribution in [0.15, 0.2) is 23.2 Å². The summed E-state index contributed by atoms with van der Waals surface area (Å²) >= 11 is 0. The molecular formula is C25H35N7O6. The Kier molecular flexibility index (Phi) is 7.01. The Labute approximate surface area is 220 Å². The zero-order valence-corrected chi connectivity index (χ0v) is 22.2. The van der Waals surface area contributed by atoms with Crippen molar-refractivity contribution in [3.63, 3.8) is 0 Å². The van der Waals surface area contributed by atoms with Gasteiger partial charge in [0.15, 0.2) is 29.0 Å². The molecule has 0 saturated carbocycles. The molecule has 0 aliphatic carbocycles. The van der Waals surface area contributed by atoms with Gasteiger partial charge in [0.2, 0.25) is 0 Å². The summed E-state index contributed by atoms with van der Waals surface area (Å²) in [4.78, 5) is 27.1. The first-order valence-corrected chi connectivity index (χ1v) is 12.9. The lowest BCUT2D eigenvalue weighted by molar-refractivity contribution is -0.0434. The number of hydrogen-bond acceptors (Lipinski definition) is 11. The first-order chi connectivity index (χ1) is 18.0. The van der Waals surface area contributed by atoms with Crippen LogP contribution in [0.4, 0.5) is 10.6 Å². The van der Waals surface area contributed by atoms with Crippen LogP contribution < -0.4 is 5.32 Å². The normalized spacial score (nSPS) is 24.9. The Morgan fingerprint density at radius 3 is 2.55 bits per heavy atom. The predicted molar refractivity (Wildman–Crippen MR) is 135 cm³/mol. The van der Waals surface area contributed by atoms with Crippen LogP contribution >= 0.6 is 0 Å². The molecule has 0 spiro atoms. The van der Waals surface area contributed by atoms with Crippen LogP contribution in [-0.2, 0) is 14.9 Å². The van der Waals surface area contributed by atoms with Gasteiger partial charge in [-0.05, 0) is 26.7 Å². The van der Waals surface area contributed by atoms with Gasteiger partial charge in [-0.15, -0.1) is 0 Å². The van der Waals surface area contributed by atoms with E-state index in [1.54, 1.807) is 15.5 Å². The van der Waals surface area contributed by atoms with E-state index < -0.39 is 24.5 Å². The number of piperidine rings is 1. The minimum atomic E-state index is -1.25. The van der Waals surface area contributed by atoms with Gasteiger partial charge < -0.3 is 34.4 Å². The van der Waals surface area contributed by atoms with Crippen LogP contribution in [0, 0.1) is 0 Å². The van der Waals surface area contributed by atoms with Gasteiger partial charge in [-0.1, -0.05) is 25.9 Å². The zero-order chi connectivity index (χ0) is 27.2. The number of rotatable bonds is 5. The van der Waals surface area contributed by atoms with Crippen LogP contribution in [0.2, 0.25) is 0 Å². The molecule has 1 amide bonds. The fourth-order valence-electron chi connectivity index (χ4n) is 4.72. The van der Waals surface area contributed by atoms with Crippen molar-refractivity contribution in [3.8, 4) is 0 Å². The number of aliphatic hydroxyl groups is 2. The number of imidazole rings is 1. The number of amides is 1. The lowest BCUT2D eigenvalue weighted by Crippen LogP contribution is -2.43. The molecule has 2 fully saturated rings. The van der Waals surface area contributed by atoms with E-state index in [9.17, 15) is 15.0 Å². The fraction of sp³-hybridized carbons (Fsp3) is 0.640. The molecule has 3 aromatic heterocycles. The number of carbonyl (C=O) groups excluding carboxylic acids is 1. The standard InChI is InChI=1S/C25H35N7O6/c1-13(2)36-24(35)31-8-6-14(7-9-31)29-21-17-22(27-11-26-21)32(12-28-17)23-19(34)18(33)20(37-23)15-10-16(30-38-15)25(3,4)5/h10-14,18-20,23,33-34H,6-9H2,1-5H3,(H,26,27,29)/t18-,19-,20+,23+/m0/s1. The summed E-state index contributed by atoms with van der Waals surface area (Å²) in [5.41, 5.74) is 1.45. The van der Waals surface area contributed by atoms with Crippen molar-refractivity contribution in [3.05, 3.63) is 30.2 Å². The van der Waals surface area contributed by atoms with E-state index in [1.807, 2.05) is 34.6 Å². The summed E-state index contributed by atoms with van der Waals surface area (Å²) in [5.74, 6) is 0.889. The molecule has 5 rings (SSSR count). The molecule has 0 radical (unpaired) electrons. The monoisotopic (exact) mass is 529 g/mol. The second-order valence-corrected chi connectivity index (χ2v) is 11.2. The summed E-state index contributed by atoms with van der Waals surface area (Å²) in [6.45, 7) is 10.8. The third kappa shape index (κ3) is 5.05. The molecule has 0 bridgehead atoms. The fourth-order valence-corrected chi connectivity index (χ4v) is 4.72. The molecule has 0 unspecified atom stereocenters. The molecule has 3 aromatic rings. The first kappa shape index (κ1) is 26.3. The van der Waals surface area contributed by atoms with Gasteiger partial charge >= 0.3 is 6.09 Å². The van der Waals surface area contributed by atoms with E-state index in [0.717, 1.165) is 18.5 Å². The van der Waals surface area contributed by atoms with Crippen molar-refractivity contribution in [1.29, 1.82) is 0 Å². The maximum atomic E-state index is 12.2. The third-order valence-electron chi connectivity index (χ3n) is 6.88. The highest BCUT2D eigenvalue weighted by Gasteiger charge is 2.47. The summed E-state index contributed by atoms with van der Waals surface area (Å²) in [6, 6.07) is 1.83. The van der Waals surface area contributed by atoms with Crippen LogP contribution in [0.5, 0.6) is 0 Å². The molecule has 4 atom stereocenters. The molecule has 3 N–H and O–H groups in total. The lowest BCUT2D eigenvalue weighted by Gasteiger charge is -2.32. The molecule has 2 aliphatic heterocycles. The number of hydrogen-bond donors (Lipinski definition) is 3. The number of carbonyl (C=O) groups is 1. The maximum absolute atomic E-state index is 12.2. The van der Waals surface area contributed by atoms with Crippen molar-refractivity contribution in [2.24, 2.45) is 0 Å². The number of nitrogens with one attached hydrogen (secondary N) is 1. The quantitative estimate of drug-likeness (QED) is 0.445. The van der Waals surface area contributed by atoms with E-state index in [1.165, 1.54) is 12.7 Å². The molecule has 13 nitrogen and oxygen atoms in total. The van der Waals surface area contributed by atoms with Crippen molar-refractivity contribution >= 4 is 23.1 Å². The second-order valence-electron chi connectivity index (χ2n) is 11.2. The van der Waals surface area contributed by atoms with Crippen molar-refractivity contribution in [1.82, 2.24) is 29.6 Å². The van der Waals surface area contributed by atoms with Crippen molar-refractivity contribution < 1.29 is 29.0 Å². The molecule has 5 heterocycles. The van der Waals surface area contributed by atoms with Gasteiger partial charge in [0.1, 0.15) is 24.6 Å². The van der Waals surface area contributed by atoms with Gasteiger partial charge in [0, 0.05) is 30.6 Å². The van der Waals surface area contributed by atoms with Gasteiger partial charge in [0.05, 0.1) is 18.1 Å². The molecule has 206 valence electrons. The highest BCUT2D eigenvalue weighted by atomic mass is 16.6. The van der Waals surface area contributed by atoms with Gasteiger partial charge in [-0.3, -0.25) is 4.57 Å². The summed E-state index contributed by atoms with van der Waals surface area (Å²) in [5, 5.41) is 29.1. The Bertz CT molecular complexity index is 1280. The number of ether oxygens (including phenoxy) is 2. The minimum absolute atomic E-state index is 0.0874. The molecule has 2 saturated heterocycles. The average molecular weight is 530 g/mol. The van der Waals surface area contributed by atoms with E-state index in [4.69, 9.17) is 14.0 Å². The summed E-state index contributed by atoms with van der Waals surface area (Å²) < 4.78 is 18.4. The Morgan fingerprint density at radius 2 is 1.89 bits per heavy atom. The lowest BCUT2D eigenvalue weighted by atomic mass is 9.92. The van der Waals surface area contributed by atoms with Crippen molar-refractivity contribution in [2.45, 2.75) is 89.6 Å². The summed E-state index contributed by atoms with van der Waals surface area (Å²) in [6.07, 6.45) is -0.387. The minimum Gasteiger partial charge on any atom is -0.447 e. The summed E-state index contributed by atoms with van der Waals surface area (Å²) in [7, 11) is 0. The van der Waals surface area contributed by atoms with E-state index >= 15 is 0 Å². The van der Waals surface area contributed by atoms with Crippen molar-refractivity contribution in [2.75, 3.05) is 18.4 Å². The number of aromatic nitrogens is 5. The molecule has 0 aromatic carbocycles. The van der Waals surface area contributed by atoms with Crippen LogP contribution in [0.3, 0.4) is 0 Å². The Balaban J connectivity index is 1.30. The Hall–Kier alpha value is -3.29. The number of likely N-dealkylation sites (tertiary alicyclic amines) is 1. The van der Waals surface area contributed by atoms with E-state index in [-0.39, 0.29) is 23.7 Å². The average Bonchev–Trinajstić information content (AvgIpc) is 3.58. The number of fused-ring (bicyclic) bond motifs is 1. The molecular weight excluding hydrogens is 494 g/mol. The molecule has 2 aliphatic rings. The zero-order valence-electron chi connectivity index (χ0n) is 22.2. The van der Waals surface area contributed by atoms with Crippen LogP contribution in [0.1, 0.15) is 71.2 Å². The molecule has 38 heavy (non-hydrogen) atoms. The highest BCUT2D eigenvalue weighted by Crippen LogP contribution is 2.41. The topological polar surface area (TPSA) is 161 Å². The molecule has 13 heteroatoms. The van der Waals surface area contributed by atoms with E-state index in [0.29, 0.717) is 35.8 Å². The number of nitrogens with zero attached hydrogens (tertiary/aromatic N) is 6.